The van der Waals surface area contributed by atoms with Gasteiger partial charge in [-0.2, -0.15) is 5.26 Å². The summed E-state index contributed by atoms with van der Waals surface area (Å²) < 4.78 is 5.48. The number of alkyl halides is 1. The van der Waals surface area contributed by atoms with E-state index in [1.54, 1.807) is 0 Å². The Morgan fingerprint density at radius 1 is 1.34 bits per heavy atom. The molecule has 0 saturated heterocycles. The Morgan fingerprint density at radius 3 is 2.69 bits per heavy atom. The highest BCUT2D eigenvalue weighted by Gasteiger charge is 2.33. The second-order valence-electron chi connectivity index (χ2n) is 7.46. The Balaban J connectivity index is 1.92. The third-order valence-electron chi connectivity index (χ3n) is 4.70. The molecular formula is C23H23ClN2O2S. The van der Waals surface area contributed by atoms with Gasteiger partial charge in [0.25, 0.3) is 0 Å². The molecular weight excluding hydrogens is 404 g/mol. The molecule has 2 aromatic rings. The van der Waals surface area contributed by atoms with Crippen LogP contribution in [0.3, 0.4) is 0 Å². The number of nitriles is 1. The van der Waals surface area contributed by atoms with Crippen molar-refractivity contribution in [1.82, 2.24) is 0 Å². The fourth-order valence-corrected chi connectivity index (χ4v) is 4.74. The zero-order valence-corrected chi connectivity index (χ0v) is 18.3. The topological polar surface area (TPSA) is 62.1 Å². The summed E-state index contributed by atoms with van der Waals surface area (Å²) in [5.41, 5.74) is 3.48. The highest BCUT2D eigenvalue weighted by molar-refractivity contribution is 7.17. The second-order valence-corrected chi connectivity index (χ2v) is 8.75. The van der Waals surface area contributed by atoms with Crippen molar-refractivity contribution < 1.29 is 9.53 Å². The molecule has 0 radical (unpaired) electrons. The van der Waals surface area contributed by atoms with E-state index in [9.17, 15) is 10.1 Å². The SMILES string of the molecule is CCOc1ccc(/C=C/C2=Cc3c(sc(NC(=O)CCl)c3C#N)C(C)(C)C2)cc1. The molecule has 0 saturated carbocycles. The van der Waals surface area contributed by atoms with Crippen LogP contribution in [0.5, 0.6) is 5.75 Å². The minimum absolute atomic E-state index is 0.136. The molecule has 1 aliphatic carbocycles. The van der Waals surface area contributed by atoms with Gasteiger partial charge in [0.2, 0.25) is 5.91 Å². The van der Waals surface area contributed by atoms with E-state index < -0.39 is 0 Å². The number of hydrogen-bond acceptors (Lipinski definition) is 4. The van der Waals surface area contributed by atoms with Gasteiger partial charge in [0.1, 0.15) is 22.7 Å². The van der Waals surface area contributed by atoms with Gasteiger partial charge in [-0.15, -0.1) is 22.9 Å². The minimum Gasteiger partial charge on any atom is -0.494 e. The first-order chi connectivity index (χ1) is 13.9. The van der Waals surface area contributed by atoms with Gasteiger partial charge in [-0.05, 0) is 42.7 Å². The first-order valence-corrected chi connectivity index (χ1v) is 10.8. The van der Waals surface area contributed by atoms with Crippen LogP contribution < -0.4 is 10.1 Å². The van der Waals surface area contributed by atoms with E-state index in [1.165, 1.54) is 11.3 Å². The highest BCUT2D eigenvalue weighted by atomic mass is 35.5. The van der Waals surface area contributed by atoms with Crippen LogP contribution in [0.4, 0.5) is 5.00 Å². The number of thiophene rings is 1. The van der Waals surface area contributed by atoms with Gasteiger partial charge < -0.3 is 10.1 Å². The van der Waals surface area contributed by atoms with Crippen LogP contribution >= 0.6 is 22.9 Å². The molecule has 0 unspecified atom stereocenters. The van der Waals surface area contributed by atoms with Crippen molar-refractivity contribution in [2.75, 3.05) is 17.8 Å². The summed E-state index contributed by atoms with van der Waals surface area (Å²) in [5, 5.41) is 13.0. The van der Waals surface area contributed by atoms with Gasteiger partial charge in [-0.3, -0.25) is 4.79 Å². The third-order valence-corrected chi connectivity index (χ3v) is 6.43. The van der Waals surface area contributed by atoms with Crippen molar-refractivity contribution in [2.45, 2.75) is 32.6 Å². The van der Waals surface area contributed by atoms with E-state index in [2.05, 4.69) is 43.5 Å². The summed E-state index contributed by atoms with van der Waals surface area (Å²) in [5.74, 6) is 0.415. The molecule has 6 heteroatoms. The molecule has 0 fully saturated rings. The van der Waals surface area contributed by atoms with Crippen molar-refractivity contribution >= 4 is 46.0 Å². The largest absolute Gasteiger partial charge is 0.494 e. The van der Waals surface area contributed by atoms with E-state index in [0.717, 1.165) is 33.7 Å². The molecule has 1 heterocycles. The van der Waals surface area contributed by atoms with Crippen LogP contribution in [-0.4, -0.2) is 18.4 Å². The number of carbonyl (C=O) groups excluding carboxylic acids is 1. The number of hydrogen-bond donors (Lipinski definition) is 1. The monoisotopic (exact) mass is 426 g/mol. The summed E-state index contributed by atoms with van der Waals surface area (Å²) in [7, 11) is 0. The molecule has 0 spiro atoms. The van der Waals surface area contributed by atoms with Gasteiger partial charge in [0.15, 0.2) is 0 Å². The number of nitrogens with zero attached hydrogens (tertiary/aromatic N) is 1. The number of benzene rings is 1. The van der Waals surface area contributed by atoms with Crippen LogP contribution in [-0.2, 0) is 10.2 Å². The number of ether oxygens (including phenoxy) is 1. The molecule has 0 atom stereocenters. The summed E-state index contributed by atoms with van der Waals surface area (Å²) in [6.45, 7) is 6.93. The van der Waals surface area contributed by atoms with Gasteiger partial charge in [-0.25, -0.2) is 0 Å². The fraction of sp³-hybridized carbons (Fsp3) is 0.304. The first-order valence-electron chi connectivity index (χ1n) is 9.42. The molecule has 0 aliphatic heterocycles. The average Bonchev–Trinajstić information content (AvgIpc) is 3.05. The van der Waals surface area contributed by atoms with Crippen LogP contribution in [0.15, 0.2) is 35.9 Å². The maximum Gasteiger partial charge on any atom is 0.239 e. The van der Waals surface area contributed by atoms with Crippen LogP contribution in [0.2, 0.25) is 0 Å². The number of carbonyl (C=O) groups is 1. The van der Waals surface area contributed by atoms with Gasteiger partial charge >= 0.3 is 0 Å². The van der Waals surface area contributed by atoms with E-state index >= 15 is 0 Å². The first kappa shape index (κ1) is 21.2. The molecule has 1 aromatic carbocycles. The molecule has 1 N–H and O–H groups in total. The zero-order chi connectivity index (χ0) is 21.0. The predicted octanol–water partition coefficient (Wildman–Crippen LogP) is 5.97. The fourth-order valence-electron chi connectivity index (χ4n) is 3.42. The van der Waals surface area contributed by atoms with Crippen molar-refractivity contribution in [3.8, 4) is 11.8 Å². The minimum atomic E-state index is -0.306. The van der Waals surface area contributed by atoms with E-state index in [-0.39, 0.29) is 17.2 Å². The average molecular weight is 427 g/mol. The summed E-state index contributed by atoms with van der Waals surface area (Å²) in [4.78, 5) is 12.8. The number of nitrogens with one attached hydrogen (secondary N) is 1. The van der Waals surface area contributed by atoms with E-state index in [0.29, 0.717) is 17.2 Å². The van der Waals surface area contributed by atoms with E-state index in [4.69, 9.17) is 16.3 Å². The Kier molecular flexibility index (Phi) is 6.46. The number of fused-ring (bicyclic) bond motifs is 1. The number of rotatable bonds is 6. The summed E-state index contributed by atoms with van der Waals surface area (Å²) in [6, 6.07) is 10.2. The molecule has 150 valence electrons. The van der Waals surface area contributed by atoms with Crippen molar-refractivity contribution in [1.29, 1.82) is 5.26 Å². The Bertz CT molecular complexity index is 1010. The Morgan fingerprint density at radius 2 is 2.07 bits per heavy atom. The lowest BCUT2D eigenvalue weighted by atomic mass is 9.77. The lowest BCUT2D eigenvalue weighted by molar-refractivity contribution is -0.113. The smallest absolute Gasteiger partial charge is 0.239 e. The van der Waals surface area contributed by atoms with Crippen molar-refractivity contribution in [3.63, 3.8) is 0 Å². The molecule has 1 aromatic heterocycles. The molecule has 1 amide bonds. The summed E-state index contributed by atoms with van der Waals surface area (Å²) in [6.07, 6.45) is 7.06. The van der Waals surface area contributed by atoms with Crippen LogP contribution in [0.1, 0.15) is 48.8 Å². The summed E-state index contributed by atoms with van der Waals surface area (Å²) >= 11 is 7.08. The second kappa shape index (κ2) is 8.86. The molecule has 1 aliphatic rings. The Hall–Kier alpha value is -2.55. The predicted molar refractivity (Wildman–Crippen MR) is 121 cm³/mol. The lowest BCUT2D eigenvalue weighted by Gasteiger charge is -2.29. The van der Waals surface area contributed by atoms with Crippen LogP contribution in [0, 0.1) is 11.3 Å². The van der Waals surface area contributed by atoms with Crippen molar-refractivity contribution in [3.05, 3.63) is 57.5 Å². The number of anilines is 1. The zero-order valence-electron chi connectivity index (χ0n) is 16.7. The lowest BCUT2D eigenvalue weighted by Crippen LogP contribution is -2.20. The molecule has 3 rings (SSSR count). The highest BCUT2D eigenvalue weighted by Crippen LogP contribution is 2.47. The molecule has 29 heavy (non-hydrogen) atoms. The number of allylic oxidation sites excluding steroid dienone is 2. The van der Waals surface area contributed by atoms with Crippen molar-refractivity contribution in [2.24, 2.45) is 0 Å². The standard InChI is InChI=1S/C23H23ClN2O2S/c1-4-28-17-9-7-15(8-10-17)5-6-16-11-18-19(14-25)22(26-20(27)13-24)29-21(18)23(2,3)12-16/h5-11H,4,12-13H2,1-3H3,(H,26,27)/b6-5+. The number of halogens is 1. The normalized spacial score (nSPS) is 14.8. The third kappa shape index (κ3) is 4.72. The maximum absolute atomic E-state index is 11.7. The number of amides is 1. The quantitative estimate of drug-likeness (QED) is 0.578. The van der Waals surface area contributed by atoms with Crippen LogP contribution in [0.25, 0.3) is 12.2 Å². The van der Waals surface area contributed by atoms with Gasteiger partial charge in [0.05, 0.1) is 12.2 Å². The molecule has 4 nitrogen and oxygen atoms in total. The molecule has 0 bridgehead atoms. The van der Waals surface area contributed by atoms with Gasteiger partial charge in [-0.1, -0.05) is 38.1 Å². The van der Waals surface area contributed by atoms with E-state index in [1.807, 2.05) is 31.2 Å². The maximum atomic E-state index is 11.7. The van der Waals surface area contributed by atoms with Gasteiger partial charge in [0, 0.05) is 15.9 Å². The Labute approximate surface area is 180 Å².